The van der Waals surface area contributed by atoms with E-state index in [2.05, 4.69) is 0 Å². The van der Waals surface area contributed by atoms with E-state index in [9.17, 15) is 18.4 Å². The molecule has 0 bridgehead atoms. The van der Waals surface area contributed by atoms with Crippen molar-refractivity contribution in [2.24, 2.45) is 5.92 Å². The van der Waals surface area contributed by atoms with E-state index in [-0.39, 0.29) is 9.36 Å². The lowest BCUT2D eigenvalue weighted by molar-refractivity contribution is -0.153. The highest BCUT2D eigenvalue weighted by molar-refractivity contribution is 7.99. The van der Waals surface area contributed by atoms with Crippen molar-refractivity contribution in [2.75, 3.05) is 13.2 Å². The minimum atomic E-state index is -4.31. The van der Waals surface area contributed by atoms with Gasteiger partial charge in [0.2, 0.25) is 0 Å². The highest BCUT2D eigenvalue weighted by atomic mass is 35.5. The zero-order valence-corrected chi connectivity index (χ0v) is 16.6. The summed E-state index contributed by atoms with van der Waals surface area (Å²) >= 11 is 7.30. The number of amides is 1. The van der Waals surface area contributed by atoms with E-state index in [1.165, 1.54) is 23.9 Å². The van der Waals surface area contributed by atoms with Crippen LogP contribution in [0, 0.1) is 5.92 Å². The molecule has 27 heavy (non-hydrogen) atoms. The molecule has 1 aliphatic heterocycles. The number of hydrogen-bond donors (Lipinski definition) is 1. The Morgan fingerprint density at radius 3 is 2.11 bits per heavy atom. The van der Waals surface area contributed by atoms with Gasteiger partial charge in [0, 0.05) is 33.9 Å². The SMILES string of the molecule is O=C(C1CCOCC1)N(O)S(=O)(=O)c1ccc(Sc2ccc(Cl)cc2)cc1. The minimum Gasteiger partial charge on any atom is -0.381 e. The monoisotopic (exact) mass is 427 g/mol. The van der Waals surface area contributed by atoms with Gasteiger partial charge >= 0.3 is 0 Å². The van der Waals surface area contributed by atoms with Crippen molar-refractivity contribution >= 4 is 39.3 Å². The van der Waals surface area contributed by atoms with Gasteiger partial charge in [0.15, 0.2) is 0 Å². The summed E-state index contributed by atoms with van der Waals surface area (Å²) in [4.78, 5) is 13.9. The van der Waals surface area contributed by atoms with Crippen molar-refractivity contribution in [3.05, 3.63) is 53.6 Å². The largest absolute Gasteiger partial charge is 0.381 e. The fourth-order valence-corrected chi connectivity index (χ4v) is 4.65. The standard InChI is InChI=1S/C18H18ClNO5S2/c19-14-1-3-15(4-2-14)26-16-5-7-17(8-6-16)27(23,24)20(22)18(21)13-9-11-25-12-10-13/h1-8,13,22H,9-12H2. The number of benzene rings is 2. The summed E-state index contributed by atoms with van der Waals surface area (Å²) < 4.78 is 30.1. The predicted molar refractivity (Wildman–Crippen MR) is 101 cm³/mol. The molecule has 1 N–H and O–H groups in total. The van der Waals surface area contributed by atoms with Crippen LogP contribution >= 0.6 is 23.4 Å². The third-order valence-electron chi connectivity index (χ3n) is 4.16. The van der Waals surface area contributed by atoms with E-state index in [4.69, 9.17) is 16.3 Å². The van der Waals surface area contributed by atoms with Gasteiger partial charge in [-0.1, -0.05) is 23.4 Å². The van der Waals surface area contributed by atoms with Crippen LogP contribution in [-0.4, -0.2) is 37.2 Å². The average Bonchev–Trinajstić information content (AvgIpc) is 2.69. The first-order valence-corrected chi connectivity index (χ1v) is 10.9. The van der Waals surface area contributed by atoms with Crippen molar-refractivity contribution in [3.63, 3.8) is 0 Å². The van der Waals surface area contributed by atoms with Gasteiger partial charge in [-0.2, -0.15) is 8.42 Å². The Labute approximate surface area is 167 Å². The minimum absolute atomic E-state index is 0.135. The molecule has 1 heterocycles. The third kappa shape index (κ3) is 4.83. The van der Waals surface area contributed by atoms with Crippen LogP contribution in [0.3, 0.4) is 0 Å². The van der Waals surface area contributed by atoms with Gasteiger partial charge < -0.3 is 4.74 Å². The Bertz CT molecular complexity index is 894. The fraction of sp³-hybridized carbons (Fsp3) is 0.278. The summed E-state index contributed by atoms with van der Waals surface area (Å²) in [5, 5.41) is 10.7. The lowest BCUT2D eigenvalue weighted by Gasteiger charge is -2.24. The van der Waals surface area contributed by atoms with Gasteiger partial charge in [-0.05, 0) is 61.4 Å². The Morgan fingerprint density at radius 1 is 1.04 bits per heavy atom. The van der Waals surface area contributed by atoms with Gasteiger partial charge in [0.25, 0.3) is 15.9 Å². The summed E-state index contributed by atoms with van der Waals surface area (Å²) in [6.45, 7) is 0.752. The lowest BCUT2D eigenvalue weighted by Crippen LogP contribution is -2.40. The number of hydrogen-bond acceptors (Lipinski definition) is 6. The summed E-state index contributed by atoms with van der Waals surface area (Å²) in [6, 6.07) is 13.3. The number of carbonyl (C=O) groups excluding carboxylic acids is 1. The summed E-state index contributed by atoms with van der Waals surface area (Å²) in [7, 11) is -4.31. The number of rotatable bonds is 5. The molecule has 9 heteroatoms. The molecule has 0 atom stereocenters. The van der Waals surface area contributed by atoms with Crippen molar-refractivity contribution in [2.45, 2.75) is 27.5 Å². The van der Waals surface area contributed by atoms with Crippen LogP contribution < -0.4 is 0 Å². The highest BCUT2D eigenvalue weighted by Gasteiger charge is 2.34. The number of nitrogens with zero attached hydrogens (tertiary/aromatic N) is 1. The van der Waals surface area contributed by atoms with Crippen molar-refractivity contribution < 1.29 is 23.2 Å². The predicted octanol–water partition coefficient (Wildman–Crippen LogP) is 3.82. The Balaban J connectivity index is 1.72. The van der Waals surface area contributed by atoms with Crippen LogP contribution in [-0.2, 0) is 19.6 Å². The molecule has 0 aliphatic carbocycles. The van der Waals surface area contributed by atoms with Crippen molar-refractivity contribution in [1.29, 1.82) is 0 Å². The molecule has 0 spiro atoms. The second kappa shape index (κ2) is 8.62. The van der Waals surface area contributed by atoms with Gasteiger partial charge in [-0.15, -0.1) is 4.47 Å². The number of carbonyl (C=O) groups is 1. The molecule has 0 unspecified atom stereocenters. The quantitative estimate of drug-likeness (QED) is 0.576. The first-order valence-electron chi connectivity index (χ1n) is 8.27. The van der Waals surface area contributed by atoms with Gasteiger partial charge in [0.1, 0.15) is 0 Å². The molecule has 6 nitrogen and oxygen atoms in total. The number of hydroxylamine groups is 1. The van der Waals surface area contributed by atoms with Crippen LogP contribution in [0.25, 0.3) is 0 Å². The molecule has 2 aromatic carbocycles. The molecule has 1 aliphatic rings. The molecule has 1 amide bonds. The lowest BCUT2D eigenvalue weighted by atomic mass is 10.00. The van der Waals surface area contributed by atoms with Gasteiger partial charge in [0.05, 0.1) is 4.90 Å². The normalized spacial score (nSPS) is 15.5. The van der Waals surface area contributed by atoms with E-state index >= 15 is 0 Å². The molecular weight excluding hydrogens is 410 g/mol. The zero-order chi connectivity index (χ0) is 19.4. The Hall–Kier alpha value is -1.58. The maximum Gasteiger partial charge on any atom is 0.289 e. The van der Waals surface area contributed by atoms with Crippen LogP contribution in [0.15, 0.2) is 63.2 Å². The average molecular weight is 428 g/mol. The van der Waals surface area contributed by atoms with E-state index in [1.807, 2.05) is 12.1 Å². The zero-order valence-electron chi connectivity index (χ0n) is 14.2. The van der Waals surface area contributed by atoms with E-state index in [0.717, 1.165) is 9.79 Å². The van der Waals surface area contributed by atoms with E-state index < -0.39 is 21.8 Å². The maximum absolute atomic E-state index is 12.5. The maximum atomic E-state index is 12.5. The fourth-order valence-electron chi connectivity index (χ4n) is 2.64. The molecule has 0 radical (unpaired) electrons. The second-order valence-corrected chi connectivity index (χ2v) is 9.35. The number of halogens is 1. The molecule has 0 aromatic heterocycles. The van der Waals surface area contributed by atoms with E-state index in [0.29, 0.717) is 31.1 Å². The number of sulfonamides is 1. The molecule has 144 valence electrons. The smallest absolute Gasteiger partial charge is 0.289 e. The van der Waals surface area contributed by atoms with Crippen LogP contribution in [0.5, 0.6) is 0 Å². The van der Waals surface area contributed by atoms with Crippen LogP contribution in [0.4, 0.5) is 0 Å². The highest BCUT2D eigenvalue weighted by Crippen LogP contribution is 2.30. The van der Waals surface area contributed by atoms with Gasteiger partial charge in [-0.3, -0.25) is 10.0 Å². The molecule has 2 aromatic rings. The van der Waals surface area contributed by atoms with E-state index in [1.54, 1.807) is 24.3 Å². The summed E-state index contributed by atoms with van der Waals surface area (Å²) in [5.41, 5.74) is 0. The molecule has 1 saturated heterocycles. The molecule has 3 rings (SSSR count). The Morgan fingerprint density at radius 2 is 1.56 bits per heavy atom. The first-order chi connectivity index (χ1) is 12.9. The summed E-state index contributed by atoms with van der Waals surface area (Å²) in [5.74, 6) is -1.38. The van der Waals surface area contributed by atoms with Crippen molar-refractivity contribution in [1.82, 2.24) is 4.47 Å². The summed E-state index contributed by atoms with van der Waals surface area (Å²) in [6.07, 6.45) is 0.782. The second-order valence-electron chi connectivity index (χ2n) is 6.00. The molecule has 0 saturated carbocycles. The molecule has 1 fully saturated rings. The topological polar surface area (TPSA) is 83.9 Å². The third-order valence-corrected chi connectivity index (χ3v) is 6.93. The van der Waals surface area contributed by atoms with Crippen LogP contribution in [0.2, 0.25) is 5.02 Å². The van der Waals surface area contributed by atoms with Crippen LogP contribution in [0.1, 0.15) is 12.8 Å². The van der Waals surface area contributed by atoms with Crippen molar-refractivity contribution in [3.8, 4) is 0 Å². The Kier molecular flexibility index (Phi) is 6.44. The van der Waals surface area contributed by atoms with Gasteiger partial charge in [-0.25, -0.2) is 0 Å². The molecular formula is C18H18ClNO5S2. The number of ether oxygens (including phenoxy) is 1. The first kappa shape index (κ1) is 20.2.